The Morgan fingerprint density at radius 1 is 1.30 bits per heavy atom. The van der Waals surface area contributed by atoms with Crippen LogP contribution in [0.3, 0.4) is 0 Å². The summed E-state index contributed by atoms with van der Waals surface area (Å²) >= 11 is 0. The Bertz CT molecular complexity index is 489. The Hall–Kier alpha value is -1.58. The van der Waals surface area contributed by atoms with Crippen molar-refractivity contribution in [1.29, 1.82) is 0 Å². The first kappa shape index (κ1) is 14.8. The van der Waals surface area contributed by atoms with Crippen molar-refractivity contribution in [2.24, 2.45) is 16.7 Å². The number of carboxylic acids is 1. The van der Waals surface area contributed by atoms with Gasteiger partial charge in [-0.3, -0.25) is 0 Å². The van der Waals surface area contributed by atoms with Crippen LogP contribution in [0.15, 0.2) is 24.3 Å². The molecule has 0 aromatic carbocycles. The van der Waals surface area contributed by atoms with E-state index in [9.17, 15) is 9.59 Å². The molecule has 2 rings (SSSR count). The van der Waals surface area contributed by atoms with Crippen LogP contribution in [0, 0.1) is 16.7 Å². The van der Waals surface area contributed by atoms with Crippen molar-refractivity contribution in [3.8, 4) is 0 Å². The van der Waals surface area contributed by atoms with Crippen LogP contribution in [-0.4, -0.2) is 23.1 Å². The molecule has 3 unspecified atom stereocenters. The van der Waals surface area contributed by atoms with E-state index >= 15 is 0 Å². The zero-order valence-corrected chi connectivity index (χ0v) is 12.3. The first-order valence-corrected chi connectivity index (χ1v) is 6.99. The van der Waals surface area contributed by atoms with Crippen LogP contribution < -0.4 is 0 Å². The molecule has 2 aliphatic carbocycles. The monoisotopic (exact) mass is 278 g/mol. The minimum absolute atomic E-state index is 0.00409. The number of carboxylic acid groups (broad SMARTS) is 1. The summed E-state index contributed by atoms with van der Waals surface area (Å²) in [6.45, 7) is 10.2. The maximum atomic E-state index is 12.0. The summed E-state index contributed by atoms with van der Waals surface area (Å²) in [5.41, 5.74) is 0.261. The Morgan fingerprint density at radius 2 is 1.95 bits per heavy atom. The molecular formula is C16H22O4. The fraction of sp³-hybridized carbons (Fsp3) is 0.625. The van der Waals surface area contributed by atoms with Gasteiger partial charge in [0.05, 0.1) is 5.57 Å². The van der Waals surface area contributed by atoms with E-state index in [2.05, 4.69) is 27.4 Å². The van der Waals surface area contributed by atoms with Crippen LogP contribution >= 0.6 is 0 Å². The van der Waals surface area contributed by atoms with Crippen LogP contribution in [0.25, 0.3) is 0 Å². The van der Waals surface area contributed by atoms with Gasteiger partial charge in [-0.2, -0.15) is 0 Å². The van der Waals surface area contributed by atoms with Gasteiger partial charge in [0.2, 0.25) is 0 Å². The van der Waals surface area contributed by atoms with Gasteiger partial charge in [0, 0.05) is 11.5 Å². The molecule has 0 saturated heterocycles. The van der Waals surface area contributed by atoms with Crippen LogP contribution in [-0.2, 0) is 14.3 Å². The van der Waals surface area contributed by atoms with Gasteiger partial charge in [-0.15, -0.1) is 0 Å². The molecule has 0 spiro atoms. The highest BCUT2D eigenvalue weighted by atomic mass is 16.5. The highest BCUT2D eigenvalue weighted by Gasteiger charge is 2.62. The molecule has 0 radical (unpaired) electrons. The van der Waals surface area contributed by atoms with Gasteiger partial charge in [0.25, 0.3) is 0 Å². The topological polar surface area (TPSA) is 63.6 Å². The van der Waals surface area contributed by atoms with Gasteiger partial charge in [-0.1, -0.05) is 27.4 Å². The number of ether oxygens (including phenoxy) is 1. The van der Waals surface area contributed by atoms with E-state index in [0.717, 1.165) is 18.9 Å². The fourth-order valence-corrected chi connectivity index (χ4v) is 3.75. The smallest absolute Gasteiger partial charge is 0.337 e. The third-order valence-corrected chi connectivity index (χ3v) is 5.65. The number of fused-ring (bicyclic) bond motifs is 2. The highest BCUT2D eigenvalue weighted by Crippen LogP contribution is 2.66. The van der Waals surface area contributed by atoms with E-state index in [0.29, 0.717) is 5.92 Å². The Kier molecular flexibility index (Phi) is 3.53. The second-order valence-corrected chi connectivity index (χ2v) is 6.70. The molecule has 2 bridgehead atoms. The number of carbonyl (C=O) groups is 2. The number of esters is 1. The van der Waals surface area contributed by atoms with Gasteiger partial charge in [-0.05, 0) is 36.7 Å². The van der Waals surface area contributed by atoms with E-state index in [1.165, 1.54) is 12.5 Å². The van der Waals surface area contributed by atoms with Gasteiger partial charge in [0.1, 0.15) is 6.10 Å². The third kappa shape index (κ3) is 2.17. The molecule has 0 aromatic heterocycles. The van der Waals surface area contributed by atoms with E-state index in [1.54, 1.807) is 0 Å². The molecule has 2 aliphatic rings. The molecule has 20 heavy (non-hydrogen) atoms. The van der Waals surface area contributed by atoms with Gasteiger partial charge >= 0.3 is 11.9 Å². The van der Waals surface area contributed by atoms with Crippen molar-refractivity contribution in [2.75, 3.05) is 0 Å². The molecular weight excluding hydrogens is 256 g/mol. The second-order valence-electron chi connectivity index (χ2n) is 6.70. The average Bonchev–Trinajstić information content (AvgIpc) is 2.68. The zero-order chi connectivity index (χ0) is 15.1. The maximum absolute atomic E-state index is 12.0. The van der Waals surface area contributed by atoms with Crippen molar-refractivity contribution in [3.05, 3.63) is 24.3 Å². The summed E-state index contributed by atoms with van der Waals surface area (Å²) in [5, 5.41) is 8.54. The molecule has 2 fully saturated rings. The van der Waals surface area contributed by atoms with Crippen molar-refractivity contribution < 1.29 is 19.4 Å². The van der Waals surface area contributed by atoms with Crippen molar-refractivity contribution >= 4 is 11.9 Å². The number of hydrogen-bond acceptors (Lipinski definition) is 3. The first-order valence-electron chi connectivity index (χ1n) is 6.99. The normalized spacial score (nSPS) is 34.4. The molecule has 4 nitrogen and oxygen atoms in total. The number of carbonyl (C=O) groups excluding carboxylic acids is 1. The van der Waals surface area contributed by atoms with Crippen LogP contribution in [0.4, 0.5) is 0 Å². The van der Waals surface area contributed by atoms with Crippen LogP contribution in [0.5, 0.6) is 0 Å². The van der Waals surface area contributed by atoms with Gasteiger partial charge in [-0.25, -0.2) is 9.59 Å². The molecule has 2 saturated carbocycles. The minimum Gasteiger partial charge on any atom is -0.478 e. The lowest BCUT2D eigenvalue weighted by Gasteiger charge is -2.38. The number of aliphatic carboxylic acids is 1. The molecule has 4 heteroatoms. The first-order chi connectivity index (χ1) is 9.18. The summed E-state index contributed by atoms with van der Waals surface area (Å²) < 4.78 is 5.60. The third-order valence-electron chi connectivity index (χ3n) is 5.65. The lowest BCUT2D eigenvalue weighted by atomic mass is 9.70. The van der Waals surface area contributed by atoms with Crippen molar-refractivity contribution in [3.63, 3.8) is 0 Å². The average molecular weight is 278 g/mol. The summed E-state index contributed by atoms with van der Waals surface area (Å²) in [6.07, 6.45) is 5.14. The lowest BCUT2D eigenvalue weighted by molar-refractivity contribution is -0.151. The van der Waals surface area contributed by atoms with Crippen LogP contribution in [0.2, 0.25) is 0 Å². The number of rotatable bonds is 4. The van der Waals surface area contributed by atoms with Crippen molar-refractivity contribution in [1.82, 2.24) is 0 Å². The summed E-state index contributed by atoms with van der Waals surface area (Å²) in [7, 11) is 0. The van der Waals surface area contributed by atoms with Gasteiger partial charge < -0.3 is 9.84 Å². The fourth-order valence-electron chi connectivity index (χ4n) is 3.75. The summed E-state index contributed by atoms with van der Waals surface area (Å²) in [5.74, 6) is -1.03. The summed E-state index contributed by atoms with van der Waals surface area (Å²) in [6, 6.07) is 0. The molecule has 0 aliphatic heterocycles. The van der Waals surface area contributed by atoms with E-state index in [-0.39, 0.29) is 22.5 Å². The number of hydrogen-bond donors (Lipinski definition) is 1. The predicted octanol–water partition coefficient (Wildman–Crippen LogP) is 2.94. The second kappa shape index (κ2) is 4.76. The quantitative estimate of drug-likeness (QED) is 0.488. The largest absolute Gasteiger partial charge is 0.478 e. The van der Waals surface area contributed by atoms with Gasteiger partial charge in [0.15, 0.2) is 0 Å². The predicted molar refractivity (Wildman–Crippen MR) is 75.0 cm³/mol. The molecule has 1 N–H and O–H groups in total. The maximum Gasteiger partial charge on any atom is 0.337 e. The Labute approximate surface area is 119 Å². The standard InChI is InChI=1S/C16H22O4/c1-10(5-6-13(17)18)14(19)20-12-9-11-7-8-16(12,4)15(11,2)3/h5-6,11-12H,1,7-9H2,2-4H3,(H,17,18). The molecule has 0 aromatic rings. The molecule has 0 heterocycles. The molecule has 110 valence electrons. The van der Waals surface area contributed by atoms with E-state index in [1.807, 2.05) is 0 Å². The highest BCUT2D eigenvalue weighted by molar-refractivity contribution is 5.93. The molecule has 0 amide bonds. The minimum atomic E-state index is -1.10. The molecule has 3 atom stereocenters. The SMILES string of the molecule is C=C(C=CC(=O)O)C(=O)OC1CC2CCC1(C)C2(C)C. The van der Waals surface area contributed by atoms with E-state index < -0.39 is 11.9 Å². The lowest BCUT2D eigenvalue weighted by Crippen LogP contribution is -2.38. The Balaban J connectivity index is 2.04. The Morgan fingerprint density at radius 3 is 2.40 bits per heavy atom. The van der Waals surface area contributed by atoms with Crippen molar-refractivity contribution in [2.45, 2.75) is 46.1 Å². The zero-order valence-electron chi connectivity index (χ0n) is 12.3. The summed E-state index contributed by atoms with van der Waals surface area (Å²) in [4.78, 5) is 22.4. The van der Waals surface area contributed by atoms with E-state index in [4.69, 9.17) is 9.84 Å². The van der Waals surface area contributed by atoms with Crippen LogP contribution in [0.1, 0.15) is 40.0 Å².